The van der Waals surface area contributed by atoms with Crippen LogP contribution in [0.25, 0.3) is 0 Å². The second kappa shape index (κ2) is 6.53. The van der Waals surface area contributed by atoms with Gasteiger partial charge in [0.25, 0.3) is 5.91 Å². The van der Waals surface area contributed by atoms with Gasteiger partial charge in [-0.05, 0) is 24.3 Å². The molecule has 1 fully saturated rings. The molecule has 1 aromatic carbocycles. The standard InChI is InChI=1S/C13H13ClFNO4S/c14-9-5-8(1-2-10(9)15)20-6-11(17)16-13(12(18)19)3-4-21-7-13/h1-2,5H,3-4,6-7H2,(H,16,17)(H,18,19). The van der Waals surface area contributed by atoms with Gasteiger partial charge in [0.2, 0.25) is 0 Å². The highest BCUT2D eigenvalue weighted by molar-refractivity contribution is 7.99. The Labute approximate surface area is 129 Å². The third-order valence-corrected chi connectivity index (χ3v) is 4.55. The molecule has 0 aromatic heterocycles. The normalized spacial score (nSPS) is 21.0. The van der Waals surface area contributed by atoms with E-state index in [1.54, 1.807) is 0 Å². The number of carboxylic acids is 1. The number of aliphatic carboxylic acids is 1. The van der Waals surface area contributed by atoms with E-state index in [1.807, 2.05) is 0 Å². The van der Waals surface area contributed by atoms with Gasteiger partial charge in [-0.1, -0.05) is 11.6 Å². The van der Waals surface area contributed by atoms with Gasteiger partial charge in [0, 0.05) is 11.8 Å². The number of rotatable bonds is 5. The monoisotopic (exact) mass is 333 g/mol. The molecule has 1 saturated heterocycles. The van der Waals surface area contributed by atoms with Crippen LogP contribution in [0.4, 0.5) is 4.39 Å². The molecular formula is C13H13ClFNO4S. The summed E-state index contributed by atoms with van der Waals surface area (Å²) in [7, 11) is 0. The third kappa shape index (κ3) is 3.79. The maximum absolute atomic E-state index is 13.0. The predicted octanol–water partition coefficient (Wildman–Crippen LogP) is 1.93. The lowest BCUT2D eigenvalue weighted by Crippen LogP contribution is -2.55. The second-order valence-electron chi connectivity index (χ2n) is 4.60. The van der Waals surface area contributed by atoms with Crippen LogP contribution in [0, 0.1) is 5.82 Å². The van der Waals surface area contributed by atoms with Gasteiger partial charge in [0.05, 0.1) is 5.02 Å². The molecular weight excluding hydrogens is 321 g/mol. The first kappa shape index (κ1) is 15.9. The number of hydrogen-bond donors (Lipinski definition) is 2. The molecule has 1 atom stereocenters. The quantitative estimate of drug-likeness (QED) is 0.861. The number of carbonyl (C=O) groups is 2. The summed E-state index contributed by atoms with van der Waals surface area (Å²) in [6, 6.07) is 3.72. The van der Waals surface area contributed by atoms with Gasteiger partial charge in [-0.3, -0.25) is 4.79 Å². The van der Waals surface area contributed by atoms with E-state index in [1.165, 1.54) is 23.9 Å². The first-order valence-corrected chi connectivity index (χ1v) is 7.66. The Bertz CT molecular complexity index is 563. The summed E-state index contributed by atoms with van der Waals surface area (Å²) >= 11 is 7.07. The fraction of sp³-hybridized carbons (Fsp3) is 0.385. The molecule has 8 heteroatoms. The summed E-state index contributed by atoms with van der Waals surface area (Å²) in [6.45, 7) is -0.359. The highest BCUT2D eigenvalue weighted by Gasteiger charge is 2.43. The zero-order chi connectivity index (χ0) is 15.5. The average Bonchev–Trinajstić information content (AvgIpc) is 2.90. The summed E-state index contributed by atoms with van der Waals surface area (Å²) in [6.07, 6.45) is 0.376. The summed E-state index contributed by atoms with van der Waals surface area (Å²) in [5.74, 6) is -0.925. The van der Waals surface area contributed by atoms with E-state index in [-0.39, 0.29) is 17.4 Å². The van der Waals surface area contributed by atoms with Crippen LogP contribution in [0.5, 0.6) is 5.75 Å². The van der Waals surface area contributed by atoms with Crippen molar-refractivity contribution in [1.82, 2.24) is 5.32 Å². The van der Waals surface area contributed by atoms with Gasteiger partial charge < -0.3 is 15.2 Å². The molecule has 0 spiro atoms. The van der Waals surface area contributed by atoms with Crippen molar-refractivity contribution in [2.75, 3.05) is 18.1 Å². The number of halogens is 2. The lowest BCUT2D eigenvalue weighted by Gasteiger charge is -2.24. The number of carboxylic acid groups (broad SMARTS) is 1. The molecule has 1 heterocycles. The van der Waals surface area contributed by atoms with Crippen molar-refractivity contribution in [3.05, 3.63) is 29.0 Å². The smallest absolute Gasteiger partial charge is 0.330 e. The Balaban J connectivity index is 1.92. The van der Waals surface area contributed by atoms with Gasteiger partial charge in [-0.2, -0.15) is 11.8 Å². The molecule has 1 aromatic rings. The zero-order valence-corrected chi connectivity index (χ0v) is 12.5. The van der Waals surface area contributed by atoms with Gasteiger partial charge in [0.15, 0.2) is 6.61 Å². The molecule has 0 radical (unpaired) electrons. The fourth-order valence-corrected chi connectivity index (χ4v) is 3.40. The highest BCUT2D eigenvalue weighted by Crippen LogP contribution is 2.28. The second-order valence-corrected chi connectivity index (χ2v) is 6.11. The van der Waals surface area contributed by atoms with Crippen LogP contribution < -0.4 is 10.1 Å². The van der Waals surface area contributed by atoms with Crippen LogP contribution in [0.2, 0.25) is 5.02 Å². The van der Waals surface area contributed by atoms with Crippen molar-refractivity contribution in [2.45, 2.75) is 12.0 Å². The summed E-state index contributed by atoms with van der Waals surface area (Å²) < 4.78 is 18.1. The first-order chi connectivity index (χ1) is 9.93. The van der Waals surface area contributed by atoms with Crippen LogP contribution >= 0.6 is 23.4 Å². The van der Waals surface area contributed by atoms with Crippen molar-refractivity contribution >= 4 is 35.2 Å². The van der Waals surface area contributed by atoms with E-state index < -0.39 is 23.2 Å². The van der Waals surface area contributed by atoms with E-state index in [0.29, 0.717) is 17.9 Å². The van der Waals surface area contributed by atoms with Crippen molar-refractivity contribution in [1.29, 1.82) is 0 Å². The Hall–Kier alpha value is -1.47. The van der Waals surface area contributed by atoms with E-state index in [4.69, 9.17) is 16.3 Å². The topological polar surface area (TPSA) is 75.6 Å². The molecule has 1 aliphatic rings. The largest absolute Gasteiger partial charge is 0.484 e. The Morgan fingerprint density at radius 1 is 1.52 bits per heavy atom. The minimum Gasteiger partial charge on any atom is -0.484 e. The Kier molecular flexibility index (Phi) is 4.95. The maximum atomic E-state index is 13.0. The van der Waals surface area contributed by atoms with E-state index in [2.05, 4.69) is 5.32 Å². The van der Waals surface area contributed by atoms with E-state index in [9.17, 15) is 19.1 Å². The van der Waals surface area contributed by atoms with Gasteiger partial charge in [-0.25, -0.2) is 9.18 Å². The van der Waals surface area contributed by atoms with Crippen molar-refractivity contribution in [3.63, 3.8) is 0 Å². The average molecular weight is 334 g/mol. The molecule has 0 aliphatic carbocycles. The first-order valence-electron chi connectivity index (χ1n) is 6.13. The third-order valence-electron chi connectivity index (χ3n) is 3.07. The summed E-state index contributed by atoms with van der Waals surface area (Å²) in [5, 5.41) is 11.6. The number of hydrogen-bond acceptors (Lipinski definition) is 4. The Morgan fingerprint density at radius 3 is 2.86 bits per heavy atom. The van der Waals surface area contributed by atoms with Crippen LogP contribution in [0.15, 0.2) is 18.2 Å². The molecule has 2 N–H and O–H groups in total. The van der Waals surface area contributed by atoms with Gasteiger partial charge in [-0.15, -0.1) is 0 Å². The number of benzene rings is 1. The zero-order valence-electron chi connectivity index (χ0n) is 10.9. The molecule has 5 nitrogen and oxygen atoms in total. The highest BCUT2D eigenvalue weighted by atomic mass is 35.5. The molecule has 114 valence electrons. The van der Waals surface area contributed by atoms with Crippen LogP contribution in [0.1, 0.15) is 6.42 Å². The van der Waals surface area contributed by atoms with Crippen molar-refractivity contribution in [3.8, 4) is 5.75 Å². The number of nitrogens with one attached hydrogen (secondary N) is 1. The fourth-order valence-electron chi connectivity index (χ4n) is 1.90. The molecule has 1 aliphatic heterocycles. The molecule has 1 unspecified atom stereocenters. The minimum atomic E-state index is -1.23. The van der Waals surface area contributed by atoms with Crippen LogP contribution in [-0.4, -0.2) is 40.6 Å². The molecule has 21 heavy (non-hydrogen) atoms. The number of carbonyl (C=O) groups excluding carboxylic acids is 1. The Morgan fingerprint density at radius 2 is 2.29 bits per heavy atom. The van der Waals surface area contributed by atoms with Crippen LogP contribution in [0.3, 0.4) is 0 Å². The van der Waals surface area contributed by atoms with Crippen molar-refractivity contribution in [2.24, 2.45) is 0 Å². The summed E-state index contributed by atoms with van der Waals surface area (Å²) in [5.41, 5.74) is -1.23. The van der Waals surface area contributed by atoms with Gasteiger partial charge >= 0.3 is 5.97 Å². The number of amides is 1. The van der Waals surface area contributed by atoms with E-state index in [0.717, 1.165) is 6.07 Å². The lowest BCUT2D eigenvalue weighted by atomic mass is 9.99. The SMILES string of the molecule is O=C(COc1ccc(F)c(Cl)c1)NC1(C(=O)O)CCSC1. The van der Waals surface area contributed by atoms with Gasteiger partial charge in [0.1, 0.15) is 17.1 Å². The number of thioether (sulfide) groups is 1. The van der Waals surface area contributed by atoms with Crippen molar-refractivity contribution < 1.29 is 23.8 Å². The summed E-state index contributed by atoms with van der Waals surface area (Å²) in [4.78, 5) is 23.1. The lowest BCUT2D eigenvalue weighted by molar-refractivity contribution is -0.146. The van der Waals surface area contributed by atoms with E-state index >= 15 is 0 Å². The number of ether oxygens (including phenoxy) is 1. The predicted molar refractivity (Wildman–Crippen MR) is 77.4 cm³/mol. The maximum Gasteiger partial charge on any atom is 0.330 e. The minimum absolute atomic E-state index is 0.109. The molecule has 0 saturated carbocycles. The van der Waals surface area contributed by atoms with Crippen LogP contribution in [-0.2, 0) is 9.59 Å². The molecule has 2 rings (SSSR count). The molecule has 1 amide bonds. The molecule has 0 bridgehead atoms.